The molecule has 8 heteroatoms. The molecule has 2 aromatic rings. The van der Waals surface area contributed by atoms with Crippen LogP contribution in [-0.2, 0) is 19.1 Å². The van der Waals surface area contributed by atoms with Gasteiger partial charge in [-0.05, 0) is 62.6 Å². The van der Waals surface area contributed by atoms with Crippen molar-refractivity contribution >= 4 is 23.4 Å². The van der Waals surface area contributed by atoms with E-state index in [4.69, 9.17) is 9.47 Å². The van der Waals surface area contributed by atoms with E-state index in [0.717, 1.165) is 31.4 Å². The predicted octanol–water partition coefficient (Wildman–Crippen LogP) is 4.82. The van der Waals surface area contributed by atoms with Crippen molar-refractivity contribution < 1.29 is 23.9 Å². The third kappa shape index (κ3) is 4.58. The fourth-order valence-corrected chi connectivity index (χ4v) is 6.86. The van der Waals surface area contributed by atoms with Gasteiger partial charge < -0.3 is 25.0 Å². The Kier molecular flexibility index (Phi) is 7.13. The average molecular weight is 544 g/mol. The third-order valence-corrected chi connectivity index (χ3v) is 8.98. The lowest BCUT2D eigenvalue weighted by atomic mass is 9.74. The maximum absolute atomic E-state index is 14.0. The summed E-state index contributed by atoms with van der Waals surface area (Å²) < 4.78 is 12.3. The third-order valence-electron chi connectivity index (χ3n) is 8.98. The second-order valence-electron chi connectivity index (χ2n) is 11.5. The number of carbonyl (C=O) groups is 3. The lowest BCUT2D eigenvalue weighted by Crippen LogP contribution is -2.58. The molecule has 3 aliphatic heterocycles. The summed E-state index contributed by atoms with van der Waals surface area (Å²) >= 11 is 0. The summed E-state index contributed by atoms with van der Waals surface area (Å²) in [4.78, 5) is 43.2. The van der Waals surface area contributed by atoms with Gasteiger partial charge in [0.25, 0.3) is 0 Å². The zero-order chi connectivity index (χ0) is 27.9. The van der Waals surface area contributed by atoms with Crippen LogP contribution in [0.2, 0.25) is 0 Å². The van der Waals surface area contributed by atoms with Gasteiger partial charge >= 0.3 is 0 Å². The van der Waals surface area contributed by atoms with Crippen molar-refractivity contribution in [1.29, 1.82) is 0 Å². The minimum Gasteiger partial charge on any atom is -0.457 e. The minimum atomic E-state index is -1.14. The van der Waals surface area contributed by atoms with Crippen LogP contribution in [0.4, 0.5) is 5.69 Å². The van der Waals surface area contributed by atoms with Crippen LogP contribution in [0.5, 0.6) is 11.5 Å². The Morgan fingerprint density at radius 1 is 1.02 bits per heavy atom. The van der Waals surface area contributed by atoms with Crippen LogP contribution >= 0.6 is 0 Å². The summed E-state index contributed by atoms with van der Waals surface area (Å²) in [5, 5.41) is 6.21. The number of hydrogen-bond acceptors (Lipinski definition) is 5. The van der Waals surface area contributed by atoms with Gasteiger partial charge in [-0.25, -0.2) is 0 Å². The maximum atomic E-state index is 14.0. The average Bonchev–Trinajstić information content (AvgIpc) is 3.62. The molecule has 2 aromatic carbocycles. The Hall–Kier alpha value is -3.65. The predicted molar refractivity (Wildman–Crippen MR) is 151 cm³/mol. The van der Waals surface area contributed by atoms with E-state index in [1.54, 1.807) is 29.2 Å². The Morgan fingerprint density at radius 2 is 1.73 bits per heavy atom. The molecule has 1 aliphatic carbocycles. The first-order chi connectivity index (χ1) is 19.4. The molecule has 4 aliphatic rings. The molecule has 3 fully saturated rings. The number of fused-ring (bicyclic) bond motifs is 1. The molecule has 2 saturated heterocycles. The number of benzene rings is 2. The molecule has 40 heavy (non-hydrogen) atoms. The molecule has 0 radical (unpaired) electrons. The van der Waals surface area contributed by atoms with E-state index in [2.05, 4.69) is 10.6 Å². The molecule has 2 bridgehead atoms. The number of nitrogens with one attached hydrogen (secondary N) is 2. The molecule has 1 spiro atoms. The van der Waals surface area contributed by atoms with Gasteiger partial charge in [0.15, 0.2) is 0 Å². The molecule has 210 valence electrons. The van der Waals surface area contributed by atoms with Crippen molar-refractivity contribution in [2.75, 3.05) is 5.32 Å². The van der Waals surface area contributed by atoms with Gasteiger partial charge in [-0.2, -0.15) is 0 Å². The number of likely N-dealkylation sites (tertiary alicyclic amines) is 1. The summed E-state index contributed by atoms with van der Waals surface area (Å²) in [7, 11) is 0. The molecule has 2 N–H and O–H groups in total. The number of amides is 3. The molecule has 1 saturated carbocycles. The zero-order valence-corrected chi connectivity index (χ0v) is 23.0. The number of anilines is 1. The van der Waals surface area contributed by atoms with E-state index >= 15 is 0 Å². The molecule has 3 heterocycles. The largest absolute Gasteiger partial charge is 0.457 e. The quantitative estimate of drug-likeness (QED) is 0.466. The van der Waals surface area contributed by atoms with Crippen molar-refractivity contribution in [2.24, 2.45) is 11.8 Å². The molecular weight excluding hydrogens is 506 g/mol. The first kappa shape index (κ1) is 26.6. The summed E-state index contributed by atoms with van der Waals surface area (Å²) in [6, 6.07) is 15.8. The first-order valence-electron chi connectivity index (χ1n) is 14.5. The number of hydrogen-bond donors (Lipinski definition) is 2. The molecule has 6 rings (SSSR count). The fraction of sp³-hybridized carbons (Fsp3) is 0.469. The van der Waals surface area contributed by atoms with Crippen LogP contribution in [0, 0.1) is 11.8 Å². The van der Waals surface area contributed by atoms with Crippen LogP contribution < -0.4 is 15.4 Å². The fourth-order valence-electron chi connectivity index (χ4n) is 6.86. The second kappa shape index (κ2) is 10.7. The Balaban J connectivity index is 1.21. The van der Waals surface area contributed by atoms with Gasteiger partial charge in [-0.15, -0.1) is 0 Å². The summed E-state index contributed by atoms with van der Waals surface area (Å²) in [5.41, 5.74) is -0.540. The second-order valence-corrected chi connectivity index (χ2v) is 11.5. The highest BCUT2D eigenvalue weighted by Crippen LogP contribution is 2.55. The minimum absolute atomic E-state index is 0.112. The molecular formula is C32H37N3O5. The molecule has 6 atom stereocenters. The molecule has 8 nitrogen and oxygen atoms in total. The Bertz CT molecular complexity index is 1290. The smallest absolute Gasteiger partial charge is 0.246 e. The summed E-state index contributed by atoms with van der Waals surface area (Å²) in [6.45, 7) is 3.96. The normalized spacial score (nSPS) is 29.8. The maximum Gasteiger partial charge on any atom is 0.246 e. The van der Waals surface area contributed by atoms with E-state index in [-0.39, 0.29) is 29.8 Å². The van der Waals surface area contributed by atoms with Gasteiger partial charge in [-0.1, -0.05) is 56.5 Å². The highest BCUT2D eigenvalue weighted by atomic mass is 16.5. The van der Waals surface area contributed by atoms with Gasteiger partial charge in [0.1, 0.15) is 23.1 Å². The number of para-hydroxylation sites is 1. The van der Waals surface area contributed by atoms with E-state index in [9.17, 15) is 14.4 Å². The van der Waals surface area contributed by atoms with Crippen LogP contribution in [0.25, 0.3) is 0 Å². The van der Waals surface area contributed by atoms with Gasteiger partial charge in [0.05, 0.1) is 17.9 Å². The van der Waals surface area contributed by atoms with E-state index < -0.39 is 29.6 Å². The summed E-state index contributed by atoms with van der Waals surface area (Å²) in [5.74, 6) is -0.750. The number of carbonyl (C=O) groups excluding carboxylic acids is 3. The van der Waals surface area contributed by atoms with Crippen LogP contribution in [0.3, 0.4) is 0 Å². The van der Waals surface area contributed by atoms with Crippen molar-refractivity contribution in [3.8, 4) is 11.5 Å². The van der Waals surface area contributed by atoms with Crippen molar-refractivity contribution in [1.82, 2.24) is 10.2 Å². The van der Waals surface area contributed by atoms with Crippen LogP contribution in [0.1, 0.15) is 52.4 Å². The number of ether oxygens (including phenoxy) is 2. The molecule has 0 aromatic heterocycles. The first-order valence-corrected chi connectivity index (χ1v) is 14.5. The SMILES string of the molecule is CCC(C)N1C(=O)[C@@H]2C(C(=O)Nc3ccc(Oc4ccccc4)cc3)[C@@H]3C=CC2(O3)C1C(=O)NC1CCCCC1. The van der Waals surface area contributed by atoms with Crippen LogP contribution in [0.15, 0.2) is 66.7 Å². The van der Waals surface area contributed by atoms with Crippen molar-refractivity contribution in [2.45, 2.75) is 82.2 Å². The topological polar surface area (TPSA) is 97.0 Å². The molecule has 4 unspecified atom stereocenters. The Morgan fingerprint density at radius 3 is 2.42 bits per heavy atom. The Labute approximate surface area is 235 Å². The number of nitrogens with zero attached hydrogens (tertiary/aromatic N) is 1. The van der Waals surface area contributed by atoms with E-state index in [0.29, 0.717) is 17.9 Å². The van der Waals surface area contributed by atoms with Crippen molar-refractivity contribution in [3.05, 3.63) is 66.7 Å². The zero-order valence-electron chi connectivity index (χ0n) is 23.0. The highest BCUT2D eigenvalue weighted by molar-refractivity contribution is 6.03. The highest BCUT2D eigenvalue weighted by Gasteiger charge is 2.73. The van der Waals surface area contributed by atoms with Crippen LogP contribution in [-0.4, -0.2) is 52.5 Å². The van der Waals surface area contributed by atoms with Gasteiger partial charge in [-0.3, -0.25) is 14.4 Å². The number of rotatable bonds is 8. The van der Waals surface area contributed by atoms with Crippen molar-refractivity contribution in [3.63, 3.8) is 0 Å². The van der Waals surface area contributed by atoms with Gasteiger partial charge in [0, 0.05) is 17.8 Å². The van der Waals surface area contributed by atoms with E-state index in [1.165, 1.54) is 6.42 Å². The van der Waals surface area contributed by atoms with Gasteiger partial charge in [0.2, 0.25) is 17.7 Å². The standard InChI is InChI=1S/C32H37N3O5/c1-3-20(2)35-28(30(37)34-21-10-6-4-7-11-21)32-19-18-25(40-32)26(27(32)31(35)38)29(36)33-22-14-16-24(17-15-22)39-23-12-8-5-9-13-23/h5,8-9,12-21,25-28H,3-4,6-7,10-11H2,1-2H3,(H,33,36)(H,34,37)/t20?,25-,26?,27-,28?,32?/m0/s1. The monoisotopic (exact) mass is 543 g/mol. The van der Waals surface area contributed by atoms with E-state index in [1.807, 2.05) is 56.3 Å². The lowest BCUT2D eigenvalue weighted by molar-refractivity contribution is -0.143. The molecule has 3 amide bonds. The summed E-state index contributed by atoms with van der Waals surface area (Å²) in [6.07, 6.45) is 9.14. The lowest BCUT2D eigenvalue weighted by Gasteiger charge is -2.36.